The maximum atomic E-state index is 11.9. The Hall–Kier alpha value is -1.56. The van der Waals surface area contributed by atoms with E-state index < -0.39 is 11.6 Å². The van der Waals surface area contributed by atoms with Gasteiger partial charge in [0.05, 0.1) is 25.9 Å². The van der Waals surface area contributed by atoms with Crippen molar-refractivity contribution in [3.8, 4) is 0 Å². The second-order valence-electron chi connectivity index (χ2n) is 6.22. The largest absolute Gasteiger partial charge is 0.457 e. The van der Waals surface area contributed by atoms with Crippen LogP contribution in [0.15, 0.2) is 12.2 Å². The minimum Gasteiger partial charge on any atom is -0.457 e. The summed E-state index contributed by atoms with van der Waals surface area (Å²) in [7, 11) is 0. The lowest BCUT2D eigenvalue weighted by Gasteiger charge is -2.30. The Labute approximate surface area is 132 Å². The molecular weight excluding hydrogens is 286 g/mol. The highest BCUT2D eigenvalue weighted by Gasteiger charge is 2.24. The zero-order valence-corrected chi connectivity index (χ0v) is 14.0. The molecule has 6 nitrogen and oxygen atoms in total. The molecule has 0 N–H and O–H groups in total. The van der Waals surface area contributed by atoms with E-state index in [9.17, 15) is 9.59 Å². The normalized spacial score (nSPS) is 19.3. The van der Waals surface area contributed by atoms with Crippen LogP contribution in [0, 0.1) is 0 Å². The fourth-order valence-corrected chi connectivity index (χ4v) is 1.87. The lowest BCUT2D eigenvalue weighted by molar-refractivity contribution is -0.148. The van der Waals surface area contributed by atoms with Crippen molar-refractivity contribution >= 4 is 12.1 Å². The van der Waals surface area contributed by atoms with E-state index >= 15 is 0 Å². The Kier molecular flexibility index (Phi) is 7.38. The fourth-order valence-electron chi connectivity index (χ4n) is 1.87. The van der Waals surface area contributed by atoms with Crippen LogP contribution in [0.2, 0.25) is 0 Å². The Morgan fingerprint density at radius 3 is 2.73 bits per heavy atom. The zero-order chi connectivity index (χ0) is 16.6. The van der Waals surface area contributed by atoms with Crippen LogP contribution >= 0.6 is 0 Å². The molecule has 0 aromatic carbocycles. The van der Waals surface area contributed by atoms with Crippen LogP contribution in [0.25, 0.3) is 0 Å². The van der Waals surface area contributed by atoms with Crippen molar-refractivity contribution in [3.05, 3.63) is 12.2 Å². The molecule has 126 valence electrons. The molecule has 0 aromatic heterocycles. The number of carbonyl (C=O) groups excluding carboxylic acids is 2. The summed E-state index contributed by atoms with van der Waals surface area (Å²) in [6.45, 7) is 9.21. The van der Waals surface area contributed by atoms with Gasteiger partial charge >= 0.3 is 12.1 Å². The minimum atomic E-state index is -0.524. The number of hydrogen-bond acceptors (Lipinski definition) is 5. The molecule has 0 aliphatic carbocycles. The van der Waals surface area contributed by atoms with Gasteiger partial charge in [0.25, 0.3) is 0 Å². The summed E-state index contributed by atoms with van der Waals surface area (Å²) >= 11 is 0. The van der Waals surface area contributed by atoms with Crippen molar-refractivity contribution < 1.29 is 23.8 Å². The van der Waals surface area contributed by atoms with Gasteiger partial charge in [-0.1, -0.05) is 13.3 Å². The van der Waals surface area contributed by atoms with E-state index in [0.29, 0.717) is 26.3 Å². The molecule has 0 spiro atoms. The smallest absolute Gasteiger partial charge is 0.409 e. The molecule has 1 aliphatic heterocycles. The van der Waals surface area contributed by atoms with Gasteiger partial charge in [0, 0.05) is 12.6 Å². The van der Waals surface area contributed by atoms with Gasteiger partial charge in [-0.3, -0.25) is 0 Å². The molecule has 1 heterocycles. The number of ether oxygens (including phenoxy) is 3. The predicted octanol–water partition coefficient (Wildman–Crippen LogP) is 2.52. The van der Waals surface area contributed by atoms with Gasteiger partial charge in [0.15, 0.2) is 0 Å². The van der Waals surface area contributed by atoms with Crippen molar-refractivity contribution in [1.82, 2.24) is 4.90 Å². The second-order valence-corrected chi connectivity index (χ2v) is 6.22. The minimum absolute atomic E-state index is 0.319. The summed E-state index contributed by atoms with van der Waals surface area (Å²) in [5.41, 5.74) is -0.524. The maximum absolute atomic E-state index is 11.9. The van der Waals surface area contributed by atoms with Crippen molar-refractivity contribution in [1.29, 1.82) is 0 Å². The molecule has 1 aliphatic rings. The molecule has 0 radical (unpaired) electrons. The van der Waals surface area contributed by atoms with Gasteiger partial charge in [-0.15, -0.1) is 0 Å². The van der Waals surface area contributed by atoms with E-state index in [4.69, 9.17) is 14.2 Å². The third-order valence-electron chi connectivity index (χ3n) is 2.93. The van der Waals surface area contributed by atoms with Crippen LogP contribution < -0.4 is 0 Å². The molecule has 1 amide bonds. The van der Waals surface area contributed by atoms with Gasteiger partial charge in [0.2, 0.25) is 0 Å². The van der Waals surface area contributed by atoms with Crippen LogP contribution in [-0.4, -0.2) is 55.0 Å². The number of nitrogens with zero attached hydrogens (tertiary/aromatic N) is 1. The maximum Gasteiger partial charge on any atom is 0.409 e. The van der Waals surface area contributed by atoms with Gasteiger partial charge in [-0.2, -0.15) is 0 Å². The van der Waals surface area contributed by atoms with Crippen LogP contribution in [0.1, 0.15) is 40.5 Å². The van der Waals surface area contributed by atoms with Crippen LogP contribution in [0.4, 0.5) is 4.79 Å². The molecule has 22 heavy (non-hydrogen) atoms. The van der Waals surface area contributed by atoms with E-state index in [0.717, 1.165) is 12.8 Å². The first kappa shape index (κ1) is 18.5. The standard InChI is InChI=1S/C16H27NO5/c1-5-6-10-21-15(19)17-9-11-20-13(12-17)7-8-14(18)22-16(2,3)4/h7-8,13H,5-6,9-12H2,1-4H3. The van der Waals surface area contributed by atoms with Crippen molar-refractivity contribution in [2.45, 2.75) is 52.2 Å². The third-order valence-corrected chi connectivity index (χ3v) is 2.93. The molecule has 1 atom stereocenters. The summed E-state index contributed by atoms with van der Waals surface area (Å²) < 4.78 is 15.9. The van der Waals surface area contributed by atoms with Crippen molar-refractivity contribution in [3.63, 3.8) is 0 Å². The third kappa shape index (κ3) is 7.45. The summed E-state index contributed by atoms with van der Waals surface area (Å²) in [5, 5.41) is 0. The number of carbonyl (C=O) groups is 2. The van der Waals surface area contributed by atoms with Crippen LogP contribution in [0.3, 0.4) is 0 Å². The average molecular weight is 313 g/mol. The van der Waals surface area contributed by atoms with E-state index in [-0.39, 0.29) is 12.2 Å². The summed E-state index contributed by atoms with van der Waals surface area (Å²) in [6, 6.07) is 0. The highest BCUT2D eigenvalue weighted by Crippen LogP contribution is 2.10. The Balaban J connectivity index is 2.42. The Morgan fingerprint density at radius 1 is 1.36 bits per heavy atom. The number of rotatable bonds is 5. The van der Waals surface area contributed by atoms with E-state index in [1.807, 2.05) is 27.7 Å². The van der Waals surface area contributed by atoms with E-state index in [2.05, 4.69) is 0 Å². The quantitative estimate of drug-likeness (QED) is 0.443. The molecule has 1 saturated heterocycles. The monoisotopic (exact) mass is 313 g/mol. The average Bonchev–Trinajstić information content (AvgIpc) is 2.44. The van der Waals surface area contributed by atoms with Crippen LogP contribution in [0.5, 0.6) is 0 Å². The molecule has 0 bridgehead atoms. The molecule has 1 rings (SSSR count). The Bertz CT molecular complexity index is 400. The van der Waals surface area contributed by atoms with Crippen LogP contribution in [-0.2, 0) is 19.0 Å². The van der Waals surface area contributed by atoms with Gasteiger partial charge in [-0.25, -0.2) is 9.59 Å². The van der Waals surface area contributed by atoms with E-state index in [1.165, 1.54) is 6.08 Å². The topological polar surface area (TPSA) is 65.1 Å². The number of esters is 1. The van der Waals surface area contributed by atoms with Gasteiger partial charge < -0.3 is 19.1 Å². The summed E-state index contributed by atoms with van der Waals surface area (Å²) in [5.74, 6) is -0.418. The predicted molar refractivity (Wildman–Crippen MR) is 82.6 cm³/mol. The zero-order valence-electron chi connectivity index (χ0n) is 14.0. The van der Waals surface area contributed by atoms with E-state index in [1.54, 1.807) is 11.0 Å². The molecular formula is C16H27NO5. The Morgan fingerprint density at radius 2 is 2.09 bits per heavy atom. The lowest BCUT2D eigenvalue weighted by atomic mass is 10.2. The summed E-state index contributed by atoms with van der Waals surface area (Å²) in [6.07, 6.45) is 4.17. The van der Waals surface area contributed by atoms with Crippen molar-refractivity contribution in [2.75, 3.05) is 26.3 Å². The highest BCUT2D eigenvalue weighted by molar-refractivity contribution is 5.82. The number of amides is 1. The lowest BCUT2D eigenvalue weighted by Crippen LogP contribution is -2.45. The molecule has 1 unspecified atom stereocenters. The number of morpholine rings is 1. The second kappa shape index (κ2) is 8.78. The number of unbranched alkanes of at least 4 members (excludes halogenated alkanes) is 1. The molecule has 0 saturated carbocycles. The van der Waals surface area contributed by atoms with Gasteiger partial charge in [-0.05, 0) is 33.3 Å². The summed E-state index contributed by atoms with van der Waals surface area (Å²) in [4.78, 5) is 25.1. The number of hydrogen-bond donors (Lipinski definition) is 0. The molecule has 1 fully saturated rings. The first-order valence-electron chi connectivity index (χ1n) is 7.76. The fraction of sp³-hybridized carbons (Fsp3) is 0.750. The molecule has 6 heteroatoms. The first-order chi connectivity index (χ1) is 10.3. The first-order valence-corrected chi connectivity index (χ1v) is 7.76. The molecule has 0 aromatic rings. The van der Waals surface area contributed by atoms with Gasteiger partial charge in [0.1, 0.15) is 5.60 Å². The highest BCUT2D eigenvalue weighted by atomic mass is 16.6. The van der Waals surface area contributed by atoms with Crippen molar-refractivity contribution in [2.24, 2.45) is 0 Å². The SMILES string of the molecule is CCCCOC(=O)N1CCOC(C=CC(=O)OC(C)(C)C)C1.